The third kappa shape index (κ3) is 1.14. The zero-order valence-corrected chi connectivity index (χ0v) is 8.71. The van der Waals surface area contributed by atoms with E-state index in [0.717, 1.165) is 24.1 Å². The number of benzene rings is 1. The quantitative estimate of drug-likeness (QED) is 0.752. The van der Waals surface area contributed by atoms with Crippen molar-refractivity contribution in [3.8, 4) is 0 Å². The maximum atomic E-state index is 11.4. The van der Waals surface area contributed by atoms with Gasteiger partial charge in [-0.2, -0.15) is 0 Å². The van der Waals surface area contributed by atoms with E-state index in [9.17, 15) is 4.79 Å². The number of aromatic amines is 1. The molecule has 1 saturated carbocycles. The van der Waals surface area contributed by atoms with Crippen molar-refractivity contribution in [1.29, 1.82) is 0 Å². The van der Waals surface area contributed by atoms with Crippen LogP contribution >= 0.6 is 0 Å². The first-order valence-corrected chi connectivity index (χ1v) is 5.37. The van der Waals surface area contributed by atoms with E-state index in [1.54, 1.807) is 0 Å². The molecule has 1 heterocycles. The Bertz CT molecular complexity index is 538. The van der Waals surface area contributed by atoms with Crippen molar-refractivity contribution in [2.75, 3.05) is 0 Å². The Morgan fingerprint density at radius 1 is 1.33 bits per heavy atom. The van der Waals surface area contributed by atoms with Gasteiger partial charge in [0, 0.05) is 23.0 Å². The lowest BCUT2D eigenvalue weighted by atomic mass is 9.80. The highest BCUT2D eigenvalue weighted by atomic mass is 16.1. The van der Waals surface area contributed by atoms with Crippen molar-refractivity contribution < 1.29 is 4.79 Å². The first kappa shape index (κ1) is 8.72. The molecule has 1 aromatic heterocycles. The van der Waals surface area contributed by atoms with Crippen molar-refractivity contribution in [1.82, 2.24) is 4.98 Å². The smallest absolute Gasteiger partial charge is 0.141 e. The van der Waals surface area contributed by atoms with Crippen LogP contribution in [0.1, 0.15) is 30.0 Å². The summed E-state index contributed by atoms with van der Waals surface area (Å²) in [6.45, 7) is 2.10. The van der Waals surface area contributed by atoms with Gasteiger partial charge < -0.3 is 4.98 Å². The van der Waals surface area contributed by atoms with Gasteiger partial charge in [-0.25, -0.2) is 0 Å². The molecule has 0 aliphatic heterocycles. The van der Waals surface area contributed by atoms with E-state index < -0.39 is 0 Å². The van der Waals surface area contributed by atoms with Gasteiger partial charge in [-0.15, -0.1) is 0 Å². The number of hydrogen-bond donors (Lipinski definition) is 1. The normalized spacial score (nSPS) is 20.6. The van der Waals surface area contributed by atoms with Crippen LogP contribution in [0, 0.1) is 6.92 Å². The van der Waals surface area contributed by atoms with Crippen LogP contribution in [0.15, 0.2) is 24.3 Å². The maximum Gasteiger partial charge on any atom is 0.141 e. The first-order valence-electron chi connectivity index (χ1n) is 5.37. The van der Waals surface area contributed by atoms with Gasteiger partial charge in [0.1, 0.15) is 5.78 Å². The summed E-state index contributed by atoms with van der Waals surface area (Å²) in [5, 5.41) is 1.24. The fourth-order valence-electron chi connectivity index (χ4n) is 2.36. The topological polar surface area (TPSA) is 32.9 Å². The van der Waals surface area contributed by atoms with Crippen LogP contribution in [0.3, 0.4) is 0 Å². The second kappa shape index (κ2) is 2.96. The molecule has 0 amide bonds. The monoisotopic (exact) mass is 199 g/mol. The van der Waals surface area contributed by atoms with Gasteiger partial charge in [-0.1, -0.05) is 18.2 Å². The van der Waals surface area contributed by atoms with Crippen molar-refractivity contribution >= 4 is 16.7 Å². The highest BCUT2D eigenvalue weighted by Crippen LogP contribution is 2.36. The van der Waals surface area contributed by atoms with Gasteiger partial charge in [-0.05, 0) is 25.0 Å². The Morgan fingerprint density at radius 2 is 2.13 bits per heavy atom. The number of rotatable bonds is 1. The molecule has 3 rings (SSSR count). The third-order valence-electron chi connectivity index (χ3n) is 3.42. The number of aromatic nitrogens is 1. The van der Waals surface area contributed by atoms with Crippen LogP contribution in [0.2, 0.25) is 0 Å². The van der Waals surface area contributed by atoms with Crippen LogP contribution in [0.25, 0.3) is 10.9 Å². The summed E-state index contributed by atoms with van der Waals surface area (Å²) < 4.78 is 0. The number of Topliss-reactive ketones (excluding diaryl/α,β-unsaturated/α-hetero) is 1. The van der Waals surface area contributed by atoms with E-state index in [4.69, 9.17) is 0 Å². The molecule has 1 aliphatic rings. The Kier molecular flexibility index (Phi) is 1.72. The first-order chi connectivity index (χ1) is 7.27. The average Bonchev–Trinajstić information content (AvgIpc) is 2.55. The van der Waals surface area contributed by atoms with Gasteiger partial charge in [0.25, 0.3) is 0 Å². The molecule has 76 valence electrons. The van der Waals surface area contributed by atoms with E-state index in [1.165, 1.54) is 10.9 Å². The Hall–Kier alpha value is -1.57. The van der Waals surface area contributed by atoms with E-state index >= 15 is 0 Å². The summed E-state index contributed by atoms with van der Waals surface area (Å²) in [5.74, 6) is 0.516. The number of carbonyl (C=O) groups is 1. The number of hydrogen-bond acceptors (Lipinski definition) is 1. The number of H-pyrrole nitrogens is 1. The molecule has 0 bridgehead atoms. The van der Waals surface area contributed by atoms with E-state index in [1.807, 2.05) is 12.1 Å². The highest BCUT2D eigenvalue weighted by molar-refractivity contribution is 5.94. The summed E-state index contributed by atoms with van der Waals surface area (Å²) >= 11 is 0. The molecule has 0 radical (unpaired) electrons. The van der Waals surface area contributed by atoms with Gasteiger partial charge in [0.05, 0.1) is 5.92 Å². The van der Waals surface area contributed by atoms with Crippen LogP contribution in [0.5, 0.6) is 0 Å². The Balaban J connectivity index is 2.19. The fraction of sp³-hybridized carbons (Fsp3) is 0.308. The number of carbonyl (C=O) groups excluding carboxylic acids is 1. The second-order valence-corrected chi connectivity index (χ2v) is 4.27. The third-order valence-corrected chi connectivity index (χ3v) is 3.42. The predicted octanol–water partition coefficient (Wildman–Crippen LogP) is 2.92. The summed E-state index contributed by atoms with van der Waals surface area (Å²) in [7, 11) is 0. The number of fused-ring (bicyclic) bond motifs is 1. The molecular formula is C13H13NO. The minimum atomic E-state index is 0.136. The molecule has 1 N–H and O–H groups in total. The summed E-state index contributed by atoms with van der Waals surface area (Å²) in [6.07, 6.45) is 1.76. The van der Waals surface area contributed by atoms with Crippen molar-refractivity contribution in [2.45, 2.75) is 25.7 Å². The average molecular weight is 199 g/mol. The minimum absolute atomic E-state index is 0.136. The van der Waals surface area contributed by atoms with Crippen LogP contribution in [-0.4, -0.2) is 10.8 Å². The molecule has 1 fully saturated rings. The Morgan fingerprint density at radius 3 is 2.73 bits per heavy atom. The van der Waals surface area contributed by atoms with Gasteiger partial charge in [-0.3, -0.25) is 4.79 Å². The van der Waals surface area contributed by atoms with Crippen molar-refractivity contribution in [3.05, 3.63) is 35.5 Å². The lowest BCUT2D eigenvalue weighted by molar-refractivity contribution is -0.125. The van der Waals surface area contributed by atoms with Crippen LogP contribution < -0.4 is 0 Å². The number of ketones is 1. The summed E-state index contributed by atoms with van der Waals surface area (Å²) in [4.78, 5) is 14.8. The molecule has 2 nitrogen and oxygen atoms in total. The molecule has 0 saturated heterocycles. The fourth-order valence-corrected chi connectivity index (χ4v) is 2.36. The van der Waals surface area contributed by atoms with Crippen LogP contribution in [-0.2, 0) is 4.79 Å². The number of aryl methyl sites for hydroxylation is 1. The summed E-state index contributed by atoms with van der Waals surface area (Å²) in [5.41, 5.74) is 3.51. The zero-order valence-electron chi connectivity index (χ0n) is 8.71. The lowest BCUT2D eigenvalue weighted by Gasteiger charge is -2.23. The number of nitrogens with one attached hydrogen (secondary N) is 1. The number of para-hydroxylation sites is 1. The van der Waals surface area contributed by atoms with E-state index in [0.29, 0.717) is 5.78 Å². The molecule has 0 spiro atoms. The standard InChI is InChI=1S/C13H13NO/c1-8-9-4-2-3-5-11(9)14-13(8)10-6-7-12(10)15/h2-5,10,14H,6-7H2,1H3. The molecule has 1 aromatic carbocycles. The molecule has 1 unspecified atom stereocenters. The SMILES string of the molecule is Cc1c(C2CCC2=O)[nH]c2ccccc12. The van der Waals surface area contributed by atoms with Crippen molar-refractivity contribution in [2.24, 2.45) is 0 Å². The van der Waals surface area contributed by atoms with Gasteiger partial charge in [0.15, 0.2) is 0 Å². The summed E-state index contributed by atoms with van der Waals surface area (Å²) in [6, 6.07) is 8.23. The van der Waals surface area contributed by atoms with E-state index in [-0.39, 0.29) is 5.92 Å². The van der Waals surface area contributed by atoms with Crippen molar-refractivity contribution in [3.63, 3.8) is 0 Å². The zero-order chi connectivity index (χ0) is 10.4. The predicted molar refractivity (Wildman–Crippen MR) is 60.0 cm³/mol. The van der Waals surface area contributed by atoms with Gasteiger partial charge >= 0.3 is 0 Å². The second-order valence-electron chi connectivity index (χ2n) is 4.27. The minimum Gasteiger partial charge on any atom is -0.358 e. The molecule has 1 aliphatic carbocycles. The molecule has 15 heavy (non-hydrogen) atoms. The molecule has 1 atom stereocenters. The van der Waals surface area contributed by atoms with E-state index in [2.05, 4.69) is 24.0 Å². The Labute approximate surface area is 88.3 Å². The highest BCUT2D eigenvalue weighted by Gasteiger charge is 2.32. The van der Waals surface area contributed by atoms with Crippen LogP contribution in [0.4, 0.5) is 0 Å². The molecule has 2 aromatic rings. The lowest BCUT2D eigenvalue weighted by Crippen LogP contribution is -2.24. The largest absolute Gasteiger partial charge is 0.358 e. The maximum absolute atomic E-state index is 11.4. The molecular weight excluding hydrogens is 186 g/mol. The van der Waals surface area contributed by atoms with Gasteiger partial charge in [0.2, 0.25) is 0 Å². The molecule has 2 heteroatoms.